The van der Waals surface area contributed by atoms with Crippen molar-refractivity contribution in [3.05, 3.63) is 24.3 Å². The third-order valence-electron chi connectivity index (χ3n) is 2.71. The maximum absolute atomic E-state index is 11.5. The molecule has 0 saturated heterocycles. The molecule has 0 bridgehead atoms. The molecule has 1 rings (SSSR count). The summed E-state index contributed by atoms with van der Waals surface area (Å²) >= 11 is 0. The molecule has 0 amide bonds. The van der Waals surface area contributed by atoms with Crippen LogP contribution in [0.1, 0.15) is 27.2 Å². The number of nitrogens with two attached hydrogens (primary N) is 1. The molecule has 100 valence electrons. The van der Waals surface area contributed by atoms with Gasteiger partial charge in [0.2, 0.25) is 0 Å². The van der Waals surface area contributed by atoms with Crippen LogP contribution in [0.2, 0.25) is 0 Å². The van der Waals surface area contributed by atoms with Gasteiger partial charge in [0.1, 0.15) is 11.9 Å². The lowest BCUT2D eigenvalue weighted by Gasteiger charge is -2.16. The summed E-state index contributed by atoms with van der Waals surface area (Å²) < 4.78 is 10.6. The summed E-state index contributed by atoms with van der Waals surface area (Å²) in [4.78, 5) is 11.5. The van der Waals surface area contributed by atoms with E-state index in [1.54, 1.807) is 24.3 Å². The summed E-state index contributed by atoms with van der Waals surface area (Å²) in [5, 5.41) is 0. The first-order valence-corrected chi connectivity index (χ1v) is 6.17. The van der Waals surface area contributed by atoms with Gasteiger partial charge in [0.05, 0.1) is 13.0 Å². The van der Waals surface area contributed by atoms with Gasteiger partial charge in [0, 0.05) is 5.69 Å². The third kappa shape index (κ3) is 5.08. The second-order valence-corrected chi connectivity index (χ2v) is 4.61. The van der Waals surface area contributed by atoms with E-state index in [0.29, 0.717) is 24.0 Å². The SMILES string of the molecule is CC(C)C(C)OC(=O)CCOc1ccc(N)cc1. The Morgan fingerprint density at radius 2 is 1.83 bits per heavy atom. The van der Waals surface area contributed by atoms with Crippen molar-refractivity contribution in [2.75, 3.05) is 12.3 Å². The lowest BCUT2D eigenvalue weighted by atomic mass is 10.1. The zero-order chi connectivity index (χ0) is 13.5. The van der Waals surface area contributed by atoms with Gasteiger partial charge in [0.15, 0.2) is 0 Å². The van der Waals surface area contributed by atoms with Crippen molar-refractivity contribution in [3.8, 4) is 5.75 Å². The molecule has 0 aliphatic rings. The van der Waals surface area contributed by atoms with Crippen LogP contribution in [0.15, 0.2) is 24.3 Å². The molecule has 0 heterocycles. The summed E-state index contributed by atoms with van der Waals surface area (Å²) in [6.45, 7) is 6.24. The van der Waals surface area contributed by atoms with Crippen LogP contribution in [0.5, 0.6) is 5.75 Å². The maximum atomic E-state index is 11.5. The minimum Gasteiger partial charge on any atom is -0.493 e. The Kier molecular flexibility index (Phi) is 5.49. The number of esters is 1. The second-order valence-electron chi connectivity index (χ2n) is 4.61. The first-order valence-electron chi connectivity index (χ1n) is 6.17. The predicted octanol–water partition coefficient (Wildman–Crippen LogP) is 2.63. The highest BCUT2D eigenvalue weighted by atomic mass is 16.5. The maximum Gasteiger partial charge on any atom is 0.309 e. The molecular formula is C14H21NO3. The smallest absolute Gasteiger partial charge is 0.309 e. The Bertz CT molecular complexity index is 373. The highest BCUT2D eigenvalue weighted by Crippen LogP contribution is 2.13. The van der Waals surface area contributed by atoms with E-state index in [4.69, 9.17) is 15.2 Å². The van der Waals surface area contributed by atoms with Gasteiger partial charge in [-0.1, -0.05) is 13.8 Å². The number of anilines is 1. The zero-order valence-corrected chi connectivity index (χ0v) is 11.2. The normalized spacial score (nSPS) is 12.2. The fourth-order valence-electron chi connectivity index (χ4n) is 1.22. The average molecular weight is 251 g/mol. The van der Waals surface area contributed by atoms with Crippen LogP contribution in [-0.2, 0) is 9.53 Å². The Hall–Kier alpha value is -1.71. The largest absolute Gasteiger partial charge is 0.493 e. The molecule has 0 spiro atoms. The van der Waals surface area contributed by atoms with Gasteiger partial charge in [-0.05, 0) is 37.1 Å². The van der Waals surface area contributed by atoms with Gasteiger partial charge in [-0.15, -0.1) is 0 Å². The second kappa shape index (κ2) is 6.89. The molecule has 1 atom stereocenters. The first kappa shape index (κ1) is 14.4. The molecule has 0 aliphatic carbocycles. The monoisotopic (exact) mass is 251 g/mol. The number of nitrogen functional groups attached to an aromatic ring is 1. The van der Waals surface area contributed by atoms with E-state index in [9.17, 15) is 4.79 Å². The number of carbonyl (C=O) groups excluding carboxylic acids is 1. The molecule has 0 aliphatic heterocycles. The van der Waals surface area contributed by atoms with Crippen LogP contribution in [0.25, 0.3) is 0 Å². The summed E-state index contributed by atoms with van der Waals surface area (Å²) in [6.07, 6.45) is 0.190. The molecule has 2 N–H and O–H groups in total. The van der Waals surface area contributed by atoms with Gasteiger partial charge < -0.3 is 15.2 Å². The third-order valence-corrected chi connectivity index (χ3v) is 2.71. The van der Waals surface area contributed by atoms with Crippen LogP contribution < -0.4 is 10.5 Å². The molecule has 0 saturated carbocycles. The molecule has 18 heavy (non-hydrogen) atoms. The number of hydrogen-bond acceptors (Lipinski definition) is 4. The first-order chi connectivity index (χ1) is 8.49. The molecule has 1 aromatic carbocycles. The Morgan fingerprint density at radius 1 is 1.22 bits per heavy atom. The summed E-state index contributed by atoms with van der Waals surface area (Å²) in [7, 11) is 0. The van der Waals surface area contributed by atoms with Crippen molar-refractivity contribution in [3.63, 3.8) is 0 Å². The zero-order valence-electron chi connectivity index (χ0n) is 11.2. The van der Waals surface area contributed by atoms with Crippen LogP contribution >= 0.6 is 0 Å². The molecule has 4 nitrogen and oxygen atoms in total. The van der Waals surface area contributed by atoms with E-state index in [0.717, 1.165) is 0 Å². The summed E-state index contributed by atoms with van der Waals surface area (Å²) in [5.74, 6) is 0.799. The number of hydrogen-bond donors (Lipinski definition) is 1. The van der Waals surface area contributed by atoms with Crippen LogP contribution in [-0.4, -0.2) is 18.7 Å². The van der Waals surface area contributed by atoms with Crippen molar-refractivity contribution in [2.24, 2.45) is 5.92 Å². The van der Waals surface area contributed by atoms with Crippen LogP contribution in [0.3, 0.4) is 0 Å². The number of benzene rings is 1. The van der Waals surface area contributed by atoms with Gasteiger partial charge >= 0.3 is 5.97 Å². The fraction of sp³-hybridized carbons (Fsp3) is 0.500. The van der Waals surface area contributed by atoms with E-state index in [-0.39, 0.29) is 18.5 Å². The molecule has 0 radical (unpaired) electrons. The number of ether oxygens (including phenoxy) is 2. The minimum atomic E-state index is -0.230. The molecule has 0 aromatic heterocycles. The highest BCUT2D eigenvalue weighted by molar-refractivity contribution is 5.69. The lowest BCUT2D eigenvalue weighted by Crippen LogP contribution is -2.21. The Morgan fingerprint density at radius 3 is 2.39 bits per heavy atom. The molecule has 4 heteroatoms. The molecular weight excluding hydrogens is 230 g/mol. The van der Waals surface area contributed by atoms with Gasteiger partial charge in [-0.3, -0.25) is 4.79 Å². The standard InChI is InChI=1S/C14H21NO3/c1-10(2)11(3)18-14(16)8-9-17-13-6-4-12(15)5-7-13/h4-7,10-11H,8-9,15H2,1-3H3. The molecule has 1 aromatic rings. The van der Waals surface area contributed by atoms with E-state index >= 15 is 0 Å². The Balaban J connectivity index is 2.25. The van der Waals surface area contributed by atoms with Crippen molar-refractivity contribution >= 4 is 11.7 Å². The Labute approximate surface area is 108 Å². The number of carbonyl (C=O) groups is 1. The topological polar surface area (TPSA) is 61.5 Å². The van der Waals surface area contributed by atoms with E-state index in [1.807, 2.05) is 20.8 Å². The average Bonchev–Trinajstić information content (AvgIpc) is 2.31. The molecule has 0 fully saturated rings. The van der Waals surface area contributed by atoms with Crippen molar-refractivity contribution in [1.82, 2.24) is 0 Å². The summed E-state index contributed by atoms with van der Waals surface area (Å²) in [6, 6.07) is 7.07. The lowest BCUT2D eigenvalue weighted by molar-refractivity contribution is -0.150. The quantitative estimate of drug-likeness (QED) is 0.623. The summed E-state index contributed by atoms with van der Waals surface area (Å²) in [5.41, 5.74) is 6.24. The number of rotatable bonds is 6. The van der Waals surface area contributed by atoms with Crippen molar-refractivity contribution < 1.29 is 14.3 Å². The minimum absolute atomic E-state index is 0.0611. The van der Waals surface area contributed by atoms with E-state index in [2.05, 4.69) is 0 Å². The van der Waals surface area contributed by atoms with Crippen LogP contribution in [0, 0.1) is 5.92 Å². The van der Waals surface area contributed by atoms with Crippen molar-refractivity contribution in [2.45, 2.75) is 33.3 Å². The molecule has 1 unspecified atom stereocenters. The van der Waals surface area contributed by atoms with E-state index in [1.165, 1.54) is 0 Å². The van der Waals surface area contributed by atoms with Crippen LogP contribution in [0.4, 0.5) is 5.69 Å². The van der Waals surface area contributed by atoms with E-state index < -0.39 is 0 Å². The fourth-order valence-corrected chi connectivity index (χ4v) is 1.22. The van der Waals surface area contributed by atoms with Gasteiger partial charge in [-0.2, -0.15) is 0 Å². The highest BCUT2D eigenvalue weighted by Gasteiger charge is 2.12. The van der Waals surface area contributed by atoms with Crippen molar-refractivity contribution in [1.29, 1.82) is 0 Å². The van der Waals surface area contributed by atoms with Gasteiger partial charge in [-0.25, -0.2) is 0 Å². The predicted molar refractivity (Wildman–Crippen MR) is 71.4 cm³/mol. The van der Waals surface area contributed by atoms with Gasteiger partial charge in [0.25, 0.3) is 0 Å².